The number of fused-ring (bicyclic) bond motifs is 1. The molecule has 0 aliphatic carbocycles. The van der Waals surface area contributed by atoms with E-state index in [4.69, 9.17) is 9.72 Å². The van der Waals surface area contributed by atoms with Crippen molar-refractivity contribution in [1.29, 1.82) is 0 Å². The molecule has 3 aromatic rings. The van der Waals surface area contributed by atoms with Crippen LogP contribution in [0, 0.1) is 0 Å². The first-order chi connectivity index (χ1) is 15.2. The summed E-state index contributed by atoms with van der Waals surface area (Å²) in [6, 6.07) is 19.0. The zero-order valence-electron chi connectivity index (χ0n) is 18.3. The maximum absolute atomic E-state index is 11.0. The maximum atomic E-state index is 11.0. The number of hydrogen-bond acceptors (Lipinski definition) is 5. The second kappa shape index (κ2) is 8.58. The summed E-state index contributed by atoms with van der Waals surface area (Å²) >= 11 is 0. The normalized spacial score (nSPS) is 19.6. The quantitative estimate of drug-likeness (QED) is 0.694. The van der Waals surface area contributed by atoms with Crippen molar-refractivity contribution in [2.24, 2.45) is 0 Å². The fourth-order valence-electron chi connectivity index (χ4n) is 4.79. The number of likely N-dealkylation sites (N-methyl/N-ethyl adjacent to an activating group) is 1. The van der Waals surface area contributed by atoms with Crippen LogP contribution in [0.15, 0.2) is 54.6 Å². The van der Waals surface area contributed by atoms with Crippen molar-refractivity contribution in [3.05, 3.63) is 60.2 Å². The van der Waals surface area contributed by atoms with Crippen molar-refractivity contribution in [1.82, 2.24) is 9.88 Å². The minimum Gasteiger partial charge on any atom is -0.385 e. The highest BCUT2D eigenvalue weighted by atomic mass is 16.5. The van der Waals surface area contributed by atoms with Gasteiger partial charge in [-0.15, -0.1) is 0 Å². The largest absolute Gasteiger partial charge is 0.385 e. The number of piperazine rings is 1. The average molecular weight is 418 g/mol. The first-order valence-corrected chi connectivity index (χ1v) is 11.4. The molecule has 1 N–H and O–H groups in total. The topological polar surface area (TPSA) is 48.8 Å². The lowest BCUT2D eigenvalue weighted by Crippen LogP contribution is -2.46. The summed E-state index contributed by atoms with van der Waals surface area (Å²) in [5.41, 5.74) is 2.25. The van der Waals surface area contributed by atoms with Crippen LogP contribution in [0.3, 0.4) is 0 Å². The van der Waals surface area contributed by atoms with Crippen molar-refractivity contribution in [3.63, 3.8) is 0 Å². The first-order valence-electron chi connectivity index (χ1n) is 11.4. The van der Waals surface area contributed by atoms with Gasteiger partial charge in [-0.3, -0.25) is 0 Å². The van der Waals surface area contributed by atoms with E-state index in [0.717, 1.165) is 55.4 Å². The summed E-state index contributed by atoms with van der Waals surface area (Å²) in [6.07, 6.45) is 1.29. The number of ether oxygens (including phenoxy) is 1. The zero-order valence-corrected chi connectivity index (χ0v) is 18.3. The molecule has 0 unspecified atom stereocenters. The summed E-state index contributed by atoms with van der Waals surface area (Å²) in [6.45, 7) is 8.71. The van der Waals surface area contributed by atoms with E-state index in [9.17, 15) is 5.11 Å². The lowest BCUT2D eigenvalue weighted by Gasteiger charge is -2.35. The number of benzene rings is 2. The molecule has 2 aromatic carbocycles. The van der Waals surface area contributed by atoms with Crippen molar-refractivity contribution in [3.8, 4) is 11.3 Å². The smallest absolute Gasteiger partial charge is 0.137 e. The van der Waals surface area contributed by atoms with Gasteiger partial charge in [0.1, 0.15) is 5.82 Å². The lowest BCUT2D eigenvalue weighted by atomic mass is 9.86. The van der Waals surface area contributed by atoms with Gasteiger partial charge in [-0.05, 0) is 23.6 Å². The van der Waals surface area contributed by atoms with Gasteiger partial charge in [0, 0.05) is 63.2 Å². The van der Waals surface area contributed by atoms with Gasteiger partial charge >= 0.3 is 0 Å². The Morgan fingerprint density at radius 2 is 1.68 bits per heavy atom. The molecule has 0 saturated carbocycles. The van der Waals surface area contributed by atoms with E-state index in [0.29, 0.717) is 26.1 Å². The Morgan fingerprint density at radius 3 is 2.39 bits per heavy atom. The van der Waals surface area contributed by atoms with Gasteiger partial charge in [0.05, 0.1) is 11.3 Å². The number of anilines is 1. The van der Waals surface area contributed by atoms with Gasteiger partial charge in [0.2, 0.25) is 0 Å². The standard InChI is InChI=1S/C26H31N3O2/c1-2-28-13-15-29(16-14-28)25-23-6-4-3-5-21(23)19-24(27-25)20-7-9-22(10-8-20)26(30)11-17-31-18-12-26/h3-10,19,30H,2,11-18H2,1H3. The molecular formula is C26H31N3O2. The molecule has 1 aromatic heterocycles. The number of aromatic nitrogens is 1. The van der Waals surface area contributed by atoms with Crippen LogP contribution in [0.1, 0.15) is 25.3 Å². The molecule has 0 bridgehead atoms. The molecule has 0 spiro atoms. The third-order valence-corrected chi connectivity index (χ3v) is 6.88. The summed E-state index contributed by atoms with van der Waals surface area (Å²) in [7, 11) is 0. The number of rotatable bonds is 4. The predicted octanol–water partition coefficient (Wildman–Crippen LogP) is 4.04. The van der Waals surface area contributed by atoms with Crippen LogP contribution in [0.25, 0.3) is 22.0 Å². The van der Waals surface area contributed by atoms with Gasteiger partial charge in [-0.2, -0.15) is 0 Å². The van der Waals surface area contributed by atoms with Crippen molar-refractivity contribution in [2.75, 3.05) is 50.8 Å². The van der Waals surface area contributed by atoms with Crippen molar-refractivity contribution in [2.45, 2.75) is 25.4 Å². The molecule has 162 valence electrons. The van der Waals surface area contributed by atoms with E-state index in [2.05, 4.69) is 71.3 Å². The molecule has 0 atom stereocenters. The van der Waals surface area contributed by atoms with Gasteiger partial charge in [0.25, 0.3) is 0 Å². The van der Waals surface area contributed by atoms with Crippen LogP contribution in [0.2, 0.25) is 0 Å². The van der Waals surface area contributed by atoms with Gasteiger partial charge in [-0.1, -0.05) is 55.5 Å². The van der Waals surface area contributed by atoms with E-state index >= 15 is 0 Å². The highest BCUT2D eigenvalue weighted by Crippen LogP contribution is 2.34. The highest BCUT2D eigenvalue weighted by Gasteiger charge is 2.31. The fraction of sp³-hybridized carbons (Fsp3) is 0.423. The second-order valence-electron chi connectivity index (χ2n) is 8.69. The average Bonchev–Trinajstić information content (AvgIpc) is 2.84. The second-order valence-corrected chi connectivity index (χ2v) is 8.69. The minimum absolute atomic E-state index is 0.610. The summed E-state index contributed by atoms with van der Waals surface area (Å²) in [5.74, 6) is 1.08. The summed E-state index contributed by atoms with van der Waals surface area (Å²) in [5, 5.41) is 13.4. The number of hydrogen-bond donors (Lipinski definition) is 1. The summed E-state index contributed by atoms with van der Waals surface area (Å²) < 4.78 is 5.43. The van der Waals surface area contributed by atoms with Crippen LogP contribution in [0.4, 0.5) is 5.82 Å². The van der Waals surface area contributed by atoms with E-state index in [1.54, 1.807) is 0 Å². The molecule has 2 saturated heterocycles. The van der Waals surface area contributed by atoms with E-state index in [1.807, 2.05) is 0 Å². The van der Waals surface area contributed by atoms with Gasteiger partial charge in [0.15, 0.2) is 0 Å². The maximum Gasteiger partial charge on any atom is 0.137 e. The van der Waals surface area contributed by atoms with Crippen molar-refractivity contribution < 1.29 is 9.84 Å². The molecule has 31 heavy (non-hydrogen) atoms. The molecule has 5 heteroatoms. The van der Waals surface area contributed by atoms with Crippen LogP contribution in [-0.4, -0.2) is 60.9 Å². The third kappa shape index (κ3) is 4.05. The Labute approximate surface area is 184 Å². The molecule has 3 heterocycles. The lowest BCUT2D eigenvalue weighted by molar-refractivity contribution is -0.0679. The fourth-order valence-corrected chi connectivity index (χ4v) is 4.79. The Kier molecular flexibility index (Phi) is 5.65. The Hall–Kier alpha value is -2.47. The predicted molar refractivity (Wildman–Crippen MR) is 125 cm³/mol. The number of nitrogens with zero attached hydrogens (tertiary/aromatic N) is 3. The van der Waals surface area contributed by atoms with Crippen LogP contribution in [-0.2, 0) is 10.3 Å². The molecule has 0 radical (unpaired) electrons. The molecule has 2 fully saturated rings. The Balaban J connectivity index is 1.49. The Morgan fingerprint density at radius 1 is 0.968 bits per heavy atom. The molecule has 0 amide bonds. The van der Waals surface area contributed by atoms with Gasteiger partial charge < -0.3 is 19.6 Å². The van der Waals surface area contributed by atoms with E-state index in [-0.39, 0.29) is 0 Å². The molecular weight excluding hydrogens is 386 g/mol. The number of aliphatic hydroxyl groups is 1. The van der Waals surface area contributed by atoms with Gasteiger partial charge in [-0.25, -0.2) is 4.98 Å². The van der Waals surface area contributed by atoms with Crippen LogP contribution in [0.5, 0.6) is 0 Å². The molecule has 5 nitrogen and oxygen atoms in total. The molecule has 5 rings (SSSR count). The SMILES string of the molecule is CCN1CCN(c2nc(-c3ccc(C4(O)CCOCC4)cc3)cc3ccccc23)CC1. The van der Waals surface area contributed by atoms with E-state index in [1.165, 1.54) is 10.8 Å². The third-order valence-electron chi connectivity index (χ3n) is 6.88. The summed E-state index contributed by atoms with van der Waals surface area (Å²) in [4.78, 5) is 10.0. The van der Waals surface area contributed by atoms with Crippen LogP contribution < -0.4 is 4.90 Å². The minimum atomic E-state index is -0.780. The van der Waals surface area contributed by atoms with Crippen molar-refractivity contribution >= 4 is 16.6 Å². The monoisotopic (exact) mass is 417 g/mol. The van der Waals surface area contributed by atoms with Crippen LogP contribution >= 0.6 is 0 Å². The van der Waals surface area contributed by atoms with E-state index < -0.39 is 5.60 Å². The first kappa shape index (κ1) is 20.4. The molecule has 2 aliphatic rings. The number of pyridine rings is 1. The Bertz CT molecular complexity index is 1040. The zero-order chi connectivity index (χ0) is 21.3. The highest BCUT2D eigenvalue weighted by molar-refractivity contribution is 5.95. The molecule has 2 aliphatic heterocycles.